The van der Waals surface area contributed by atoms with Gasteiger partial charge in [0.1, 0.15) is 5.82 Å². The highest BCUT2D eigenvalue weighted by atomic mass is 35.5. The maximum atomic E-state index is 12.3. The Balaban J connectivity index is 1.71. The van der Waals surface area contributed by atoms with E-state index < -0.39 is 0 Å². The van der Waals surface area contributed by atoms with Gasteiger partial charge in [0.05, 0.1) is 0 Å². The summed E-state index contributed by atoms with van der Waals surface area (Å²) in [6.07, 6.45) is 8.19. The molecule has 0 spiro atoms. The van der Waals surface area contributed by atoms with Crippen LogP contribution in [0, 0.1) is 0 Å². The summed E-state index contributed by atoms with van der Waals surface area (Å²) in [5, 5.41) is 2.61. The van der Waals surface area contributed by atoms with Crippen LogP contribution >= 0.6 is 11.6 Å². The van der Waals surface area contributed by atoms with Crippen LogP contribution in [0.2, 0.25) is 5.02 Å². The van der Waals surface area contributed by atoms with Gasteiger partial charge in [0.2, 0.25) is 0 Å². The number of aromatic nitrogens is 1. The van der Waals surface area contributed by atoms with E-state index in [4.69, 9.17) is 17.3 Å². The molecule has 0 fully saturated rings. The monoisotopic (exact) mass is 407 g/mol. The summed E-state index contributed by atoms with van der Waals surface area (Å²) >= 11 is 6.15. The second-order valence-electron chi connectivity index (χ2n) is 7.43. The number of nitrogens with two attached hydrogens (primary N) is 1. The van der Waals surface area contributed by atoms with Crippen LogP contribution in [0.25, 0.3) is 22.9 Å². The smallest absolute Gasteiger partial charge is 0.162 e. The maximum Gasteiger partial charge on any atom is 0.162 e. The summed E-state index contributed by atoms with van der Waals surface area (Å²) in [4.78, 5) is 18.7. The molecule has 1 heterocycles. The number of halogens is 1. The molecule has 0 atom stereocenters. The number of nitrogens with zero attached hydrogens (tertiary/aromatic N) is 2. The predicted molar refractivity (Wildman–Crippen MR) is 123 cm³/mol. The van der Waals surface area contributed by atoms with Crippen molar-refractivity contribution in [3.8, 4) is 0 Å². The van der Waals surface area contributed by atoms with Crippen molar-refractivity contribution in [3.63, 3.8) is 0 Å². The number of fused-ring (bicyclic) bond motifs is 1. The van der Waals surface area contributed by atoms with Crippen molar-refractivity contribution in [2.45, 2.75) is 19.3 Å². The Hall–Kier alpha value is -2.69. The van der Waals surface area contributed by atoms with Crippen molar-refractivity contribution in [1.29, 1.82) is 0 Å². The van der Waals surface area contributed by atoms with Gasteiger partial charge in [0.15, 0.2) is 5.78 Å². The van der Waals surface area contributed by atoms with E-state index >= 15 is 0 Å². The van der Waals surface area contributed by atoms with Gasteiger partial charge in [0, 0.05) is 34.2 Å². The summed E-state index contributed by atoms with van der Waals surface area (Å²) < 4.78 is 0. The van der Waals surface area contributed by atoms with E-state index in [1.165, 1.54) is 0 Å². The zero-order valence-corrected chi connectivity index (χ0v) is 17.6. The molecule has 2 N–H and O–H groups in total. The minimum absolute atomic E-state index is 0.191. The Morgan fingerprint density at radius 3 is 2.59 bits per heavy atom. The molecule has 0 bridgehead atoms. The second kappa shape index (κ2) is 9.68. The Bertz CT molecular complexity index is 1020. The highest BCUT2D eigenvalue weighted by Crippen LogP contribution is 2.27. The number of carbonyl (C=O) groups excluding carboxylic acids is 1. The average Bonchev–Trinajstić information content (AvgIpc) is 2.70. The van der Waals surface area contributed by atoms with Crippen LogP contribution in [0.4, 0.5) is 5.82 Å². The Kier molecular flexibility index (Phi) is 7.02. The molecule has 0 unspecified atom stereocenters. The average molecular weight is 408 g/mol. The van der Waals surface area contributed by atoms with E-state index in [0.717, 1.165) is 46.8 Å². The Labute approximate surface area is 177 Å². The highest BCUT2D eigenvalue weighted by Gasteiger charge is 2.07. The lowest BCUT2D eigenvalue weighted by Crippen LogP contribution is -2.13. The Morgan fingerprint density at radius 2 is 1.86 bits per heavy atom. The molecule has 0 aliphatic heterocycles. The molecule has 0 aliphatic rings. The molecule has 150 valence electrons. The maximum absolute atomic E-state index is 12.3. The fraction of sp³-hybridized carbons (Fsp3) is 0.250. The first-order chi connectivity index (χ1) is 13.9. The standard InChI is InChI=1S/C24H26ClN3O/c1-28(2)14-4-3-5-23(29)18-9-6-17(7-10-18)8-13-21-22-15-20(25)12-11-19(22)16-27-24(21)26/h6-13,15-16H,3-5,14H2,1-2H3,(H2,26,27)/b13-8+. The van der Waals surface area contributed by atoms with E-state index in [-0.39, 0.29) is 5.78 Å². The van der Waals surface area contributed by atoms with Gasteiger partial charge in [-0.05, 0) is 56.6 Å². The molecular formula is C24H26ClN3O. The largest absolute Gasteiger partial charge is 0.383 e. The second-order valence-corrected chi connectivity index (χ2v) is 7.86. The lowest BCUT2D eigenvalue weighted by Gasteiger charge is -2.08. The first kappa shape index (κ1) is 21.0. The van der Waals surface area contributed by atoms with Crippen LogP contribution in [0.3, 0.4) is 0 Å². The molecule has 5 heteroatoms. The molecule has 0 aliphatic carbocycles. The highest BCUT2D eigenvalue weighted by molar-refractivity contribution is 6.31. The quantitative estimate of drug-likeness (QED) is 0.392. The number of unbranched alkanes of at least 4 members (excludes halogenated alkanes) is 1. The number of carbonyl (C=O) groups is 1. The van der Waals surface area contributed by atoms with E-state index in [9.17, 15) is 4.79 Å². The summed E-state index contributed by atoms with van der Waals surface area (Å²) in [7, 11) is 4.09. The molecule has 4 nitrogen and oxygen atoms in total. The minimum Gasteiger partial charge on any atom is -0.383 e. The third-order valence-corrected chi connectivity index (χ3v) is 5.09. The lowest BCUT2D eigenvalue weighted by molar-refractivity contribution is 0.0978. The molecule has 0 saturated carbocycles. The van der Waals surface area contributed by atoms with Gasteiger partial charge >= 0.3 is 0 Å². The fourth-order valence-electron chi connectivity index (χ4n) is 3.21. The van der Waals surface area contributed by atoms with Gasteiger partial charge < -0.3 is 10.6 Å². The zero-order valence-electron chi connectivity index (χ0n) is 16.9. The van der Waals surface area contributed by atoms with Crippen molar-refractivity contribution in [3.05, 3.63) is 70.4 Å². The Morgan fingerprint density at radius 1 is 1.10 bits per heavy atom. The molecule has 0 radical (unpaired) electrons. The first-order valence-electron chi connectivity index (χ1n) is 9.74. The fourth-order valence-corrected chi connectivity index (χ4v) is 3.39. The van der Waals surface area contributed by atoms with Crippen molar-refractivity contribution in [2.24, 2.45) is 0 Å². The van der Waals surface area contributed by atoms with E-state index in [2.05, 4.69) is 9.88 Å². The number of nitrogen functional groups attached to an aromatic ring is 1. The molecular weight excluding hydrogens is 382 g/mol. The van der Waals surface area contributed by atoms with Gasteiger partial charge in [-0.15, -0.1) is 0 Å². The van der Waals surface area contributed by atoms with Gasteiger partial charge in [-0.1, -0.05) is 54.1 Å². The normalized spacial score (nSPS) is 11.6. The number of ketones is 1. The molecule has 1 aromatic heterocycles. The number of rotatable bonds is 8. The molecule has 0 amide bonds. The number of hydrogen-bond donors (Lipinski definition) is 1. The summed E-state index contributed by atoms with van der Waals surface area (Å²) in [5.41, 5.74) is 8.67. The van der Waals surface area contributed by atoms with E-state index in [1.54, 1.807) is 6.20 Å². The van der Waals surface area contributed by atoms with Crippen LogP contribution < -0.4 is 5.73 Å². The van der Waals surface area contributed by atoms with Crippen LogP contribution in [0.15, 0.2) is 48.7 Å². The predicted octanol–water partition coefficient (Wildman–Crippen LogP) is 5.56. The van der Waals surface area contributed by atoms with Crippen LogP contribution in [0.1, 0.15) is 40.7 Å². The molecule has 29 heavy (non-hydrogen) atoms. The number of hydrogen-bond acceptors (Lipinski definition) is 4. The van der Waals surface area contributed by atoms with Crippen LogP contribution in [-0.4, -0.2) is 36.3 Å². The molecule has 2 aromatic carbocycles. The lowest BCUT2D eigenvalue weighted by atomic mass is 10.0. The number of Topliss-reactive ketones (excluding diaryl/α,β-unsaturated/α-hetero) is 1. The topological polar surface area (TPSA) is 59.2 Å². The summed E-state index contributed by atoms with van der Waals surface area (Å²) in [5.74, 6) is 0.650. The minimum atomic E-state index is 0.191. The first-order valence-corrected chi connectivity index (χ1v) is 10.1. The zero-order chi connectivity index (χ0) is 20.8. The van der Waals surface area contributed by atoms with Gasteiger partial charge in [-0.2, -0.15) is 0 Å². The number of pyridine rings is 1. The SMILES string of the molecule is CN(C)CCCCC(=O)c1ccc(/C=C/c2c(N)ncc3ccc(Cl)cc23)cc1. The van der Waals surface area contributed by atoms with Crippen molar-refractivity contribution in [1.82, 2.24) is 9.88 Å². The third kappa shape index (κ3) is 5.66. The number of benzene rings is 2. The van der Waals surface area contributed by atoms with Crippen LogP contribution in [-0.2, 0) is 0 Å². The van der Waals surface area contributed by atoms with E-state index in [0.29, 0.717) is 17.3 Å². The summed E-state index contributed by atoms with van der Waals surface area (Å²) in [6, 6.07) is 13.3. The van der Waals surface area contributed by atoms with Crippen LogP contribution in [0.5, 0.6) is 0 Å². The van der Waals surface area contributed by atoms with Crippen molar-refractivity contribution in [2.75, 3.05) is 26.4 Å². The van der Waals surface area contributed by atoms with E-state index in [1.807, 2.05) is 68.7 Å². The van der Waals surface area contributed by atoms with Crippen molar-refractivity contribution < 1.29 is 4.79 Å². The van der Waals surface area contributed by atoms with Crippen molar-refractivity contribution >= 4 is 46.1 Å². The molecule has 3 aromatic rings. The molecule has 3 rings (SSSR count). The third-order valence-electron chi connectivity index (χ3n) is 4.86. The molecule has 0 saturated heterocycles. The van der Waals surface area contributed by atoms with Gasteiger partial charge in [-0.3, -0.25) is 4.79 Å². The summed E-state index contributed by atoms with van der Waals surface area (Å²) in [6.45, 7) is 1.01. The van der Waals surface area contributed by atoms with Gasteiger partial charge in [0.25, 0.3) is 0 Å². The number of anilines is 1. The van der Waals surface area contributed by atoms with Gasteiger partial charge in [-0.25, -0.2) is 4.98 Å².